The molecule has 0 spiro atoms. The Kier molecular flexibility index (Phi) is 17.2. The zero-order chi connectivity index (χ0) is 10.4. The van der Waals surface area contributed by atoms with Crippen LogP contribution in [0.3, 0.4) is 0 Å². The van der Waals surface area contributed by atoms with E-state index in [4.69, 9.17) is 17.5 Å². The van der Waals surface area contributed by atoms with E-state index >= 15 is 0 Å². The van der Waals surface area contributed by atoms with Crippen LogP contribution in [0.4, 0.5) is 0 Å². The average molecular weight is 331 g/mol. The second-order valence-corrected chi connectivity index (χ2v) is 3.23. The number of hydrogen-bond acceptors (Lipinski definition) is 8. The Balaban J connectivity index is -0.0000000651. The maximum absolute atomic E-state index is 9.20. The normalized spacial score (nSPS) is 8.43. The van der Waals surface area contributed by atoms with Crippen molar-refractivity contribution in [2.45, 2.75) is 0 Å². The van der Waals surface area contributed by atoms with Gasteiger partial charge < -0.3 is 12.3 Å². The summed E-state index contributed by atoms with van der Waals surface area (Å²) in [7, 11) is -4.67. The third-order valence-electron chi connectivity index (χ3n) is 0.103. The minimum atomic E-state index is -4.67. The van der Waals surface area contributed by atoms with Gasteiger partial charge in [0.2, 0.25) is 0 Å². The zero-order valence-corrected chi connectivity index (χ0v) is 8.75. The summed E-state index contributed by atoms with van der Waals surface area (Å²) < 4.78 is 29.7. The van der Waals surface area contributed by atoms with Crippen LogP contribution >= 0.6 is 0 Å². The first-order chi connectivity index (χ1) is 5.13. The van der Waals surface area contributed by atoms with E-state index in [1.54, 1.807) is 0 Å². The Morgan fingerprint density at radius 1 is 1.00 bits per heavy atom. The predicted molar refractivity (Wildman–Crippen MR) is 38.2 cm³/mol. The van der Waals surface area contributed by atoms with Gasteiger partial charge in [-0.2, -0.15) is 8.42 Å². The average Bonchev–Trinajstić information content (AvgIpc) is 1.52. The van der Waals surface area contributed by atoms with Crippen LogP contribution in [0.2, 0.25) is 0 Å². The predicted octanol–water partition coefficient (Wildman–Crippen LogP) is -0.876. The third kappa shape index (κ3) is 112. The molecule has 0 heterocycles. The van der Waals surface area contributed by atoms with Gasteiger partial charge in [0.15, 0.2) is 0 Å². The number of hydrogen-bond donors (Lipinski definition) is 4. The first-order valence-corrected chi connectivity index (χ1v) is 4.50. The van der Waals surface area contributed by atoms with Gasteiger partial charge in [0.1, 0.15) is 0 Å². The SMILES string of the molecule is N.N.O=S(=O)(O)O.O=[N+]([O-])[Pd][N+](=O)[O-]. The molecular weight excluding hydrogens is 323 g/mol. The van der Waals surface area contributed by atoms with Gasteiger partial charge in [0.25, 0.3) is 0 Å². The van der Waals surface area contributed by atoms with Gasteiger partial charge in [-0.25, -0.2) is 0 Å². The van der Waals surface area contributed by atoms with Gasteiger partial charge in [-0.3, -0.25) is 9.11 Å². The van der Waals surface area contributed by atoms with Crippen LogP contribution in [0.1, 0.15) is 0 Å². The van der Waals surface area contributed by atoms with E-state index in [-0.39, 0.29) is 12.3 Å². The quantitative estimate of drug-likeness (QED) is 0.211. The summed E-state index contributed by atoms with van der Waals surface area (Å²) in [5.74, 6) is 0. The van der Waals surface area contributed by atoms with Gasteiger partial charge in [0.05, 0.1) is 0 Å². The van der Waals surface area contributed by atoms with Crippen molar-refractivity contribution < 1.29 is 43.1 Å². The van der Waals surface area contributed by atoms with E-state index in [1.807, 2.05) is 0 Å². The Morgan fingerprint density at radius 2 is 1.14 bits per heavy atom. The van der Waals surface area contributed by atoms with Gasteiger partial charge >= 0.3 is 56.2 Å². The van der Waals surface area contributed by atoms with Crippen molar-refractivity contribution in [3.05, 3.63) is 20.2 Å². The molecule has 92 valence electrons. The molecule has 14 heteroatoms. The van der Waals surface area contributed by atoms with Crippen molar-refractivity contribution in [1.82, 2.24) is 12.3 Å². The molecule has 0 fully saturated rings. The maximum atomic E-state index is 9.20. The van der Waals surface area contributed by atoms with Crippen LogP contribution in [0, 0.1) is 20.2 Å². The molecule has 0 amide bonds. The first-order valence-electron chi connectivity index (χ1n) is 1.71. The number of nitrogens with zero attached hydrogens (tertiary/aromatic N) is 2. The van der Waals surface area contributed by atoms with Crippen molar-refractivity contribution in [2.24, 2.45) is 0 Å². The molecule has 0 unspecified atom stereocenters. The molecule has 0 rings (SSSR count). The van der Waals surface area contributed by atoms with E-state index in [0.717, 1.165) is 0 Å². The summed E-state index contributed by atoms with van der Waals surface area (Å²) in [6.45, 7) is 0. The molecule has 0 aliphatic carbocycles. The monoisotopic (exact) mass is 330 g/mol. The molecule has 8 N–H and O–H groups in total. The van der Waals surface area contributed by atoms with Gasteiger partial charge in [-0.15, -0.1) is 0 Å². The van der Waals surface area contributed by atoms with Crippen molar-refractivity contribution in [3.8, 4) is 0 Å². The summed E-state index contributed by atoms with van der Waals surface area (Å²) in [4.78, 5) is 18.4. The van der Waals surface area contributed by atoms with Crippen molar-refractivity contribution >= 4 is 10.4 Å². The first kappa shape index (κ1) is 23.2. The third-order valence-corrected chi connectivity index (χ3v) is 0.611. The summed E-state index contributed by atoms with van der Waals surface area (Å²) >= 11 is -1.58. The molecule has 0 aromatic heterocycles. The van der Waals surface area contributed by atoms with Gasteiger partial charge in [0, 0.05) is 0 Å². The van der Waals surface area contributed by atoms with E-state index in [2.05, 4.69) is 0 Å². The van der Waals surface area contributed by atoms with Crippen molar-refractivity contribution in [1.29, 1.82) is 0 Å². The van der Waals surface area contributed by atoms with E-state index in [9.17, 15) is 20.2 Å². The Labute approximate surface area is 86.4 Å². The fraction of sp³-hybridized carbons (Fsp3) is 0. The Morgan fingerprint density at radius 3 is 1.14 bits per heavy atom. The molecular formula is H8N4O8PdS. The molecule has 0 saturated heterocycles. The van der Waals surface area contributed by atoms with Crippen molar-refractivity contribution in [2.75, 3.05) is 0 Å². The molecule has 0 saturated carbocycles. The number of rotatable bonds is 2. The zero-order valence-electron chi connectivity index (χ0n) is 6.38. The summed E-state index contributed by atoms with van der Waals surface area (Å²) in [6, 6.07) is 0. The summed E-state index contributed by atoms with van der Waals surface area (Å²) in [5, 5.41) is 18.4. The van der Waals surface area contributed by atoms with Crippen LogP contribution in [0.15, 0.2) is 0 Å². The Bertz CT molecular complexity index is 237. The van der Waals surface area contributed by atoms with Gasteiger partial charge in [-0.05, 0) is 0 Å². The van der Waals surface area contributed by atoms with E-state index in [0.29, 0.717) is 0 Å². The molecule has 0 aromatic rings. The standard InChI is InChI=1S/2NO2.2H3N.H2O4S.Pd/c2*2-1-3;;;1-5(2,3)4;/h;;2*1H3;(H2,1,2,3,4);. The molecule has 0 aliphatic rings. The molecule has 0 atom stereocenters. The van der Waals surface area contributed by atoms with Crippen LogP contribution in [-0.4, -0.2) is 24.6 Å². The summed E-state index contributed by atoms with van der Waals surface area (Å²) in [5.41, 5.74) is 0. The minimum absolute atomic E-state index is 0. The van der Waals surface area contributed by atoms with Crippen LogP contribution in [-0.2, 0) is 28.9 Å². The van der Waals surface area contributed by atoms with Crippen LogP contribution in [0.5, 0.6) is 0 Å². The molecule has 0 aromatic carbocycles. The van der Waals surface area contributed by atoms with Crippen molar-refractivity contribution in [3.63, 3.8) is 0 Å². The fourth-order valence-electron chi connectivity index (χ4n) is 0.0422. The van der Waals surface area contributed by atoms with E-state index in [1.165, 1.54) is 0 Å². The fourth-order valence-corrected chi connectivity index (χ4v) is 0.249. The topological polar surface area (TPSA) is 231 Å². The summed E-state index contributed by atoms with van der Waals surface area (Å²) in [6.07, 6.45) is 0. The van der Waals surface area contributed by atoms with E-state index < -0.39 is 36.0 Å². The Hall–Kier alpha value is -0.748. The number of nitro groups is 2. The second-order valence-electron chi connectivity index (χ2n) is 0.891. The van der Waals surface area contributed by atoms with Crippen LogP contribution < -0.4 is 12.3 Å². The second kappa shape index (κ2) is 10.3. The van der Waals surface area contributed by atoms with Gasteiger partial charge in [-0.1, -0.05) is 0 Å². The molecule has 14 heavy (non-hydrogen) atoms. The molecule has 0 bridgehead atoms. The molecule has 12 nitrogen and oxygen atoms in total. The molecule has 0 aliphatic heterocycles. The van der Waals surface area contributed by atoms with Crippen LogP contribution in [0.25, 0.3) is 0 Å². The molecule has 0 radical (unpaired) electrons.